The zero-order chi connectivity index (χ0) is 24.4. The van der Waals surface area contributed by atoms with Crippen molar-refractivity contribution < 1.29 is 14.0 Å². The molecule has 5 N–H and O–H groups in total. The molecular formula is C26H21FN6O2. The number of nitrogens with zero attached hydrogens (tertiary/aromatic N) is 1. The minimum Gasteiger partial charge on any atom is -0.355 e. The minimum absolute atomic E-state index is 0.182. The number of carbonyl (C=O) groups is 2. The molecule has 0 fully saturated rings. The number of amides is 3. The predicted octanol–water partition coefficient (Wildman–Crippen LogP) is 5.74. The molecule has 0 aliphatic carbocycles. The van der Waals surface area contributed by atoms with Crippen molar-refractivity contribution in [3.05, 3.63) is 95.8 Å². The van der Waals surface area contributed by atoms with Gasteiger partial charge in [-0.25, -0.2) is 14.2 Å². The third-order valence-corrected chi connectivity index (χ3v) is 5.46. The number of carbonyl (C=O) groups excluding carboxylic acids is 2. The second-order valence-corrected chi connectivity index (χ2v) is 7.98. The molecule has 0 radical (unpaired) electrons. The Balaban J connectivity index is 1.28. The second kappa shape index (κ2) is 9.14. The maximum absolute atomic E-state index is 13.0. The zero-order valence-corrected chi connectivity index (χ0v) is 18.6. The van der Waals surface area contributed by atoms with Gasteiger partial charge in [0.25, 0.3) is 5.91 Å². The molecule has 0 spiro atoms. The molecule has 1 aliphatic rings. The Morgan fingerprint density at radius 2 is 1.66 bits per heavy atom. The van der Waals surface area contributed by atoms with Crippen LogP contribution in [-0.4, -0.2) is 21.9 Å². The highest BCUT2D eigenvalue weighted by Gasteiger charge is 2.24. The molecule has 8 nitrogen and oxygen atoms in total. The highest BCUT2D eigenvalue weighted by Crippen LogP contribution is 2.36. The summed E-state index contributed by atoms with van der Waals surface area (Å²) in [6.45, 7) is 1.90. The van der Waals surface area contributed by atoms with Gasteiger partial charge in [-0.3, -0.25) is 4.79 Å². The smallest absolute Gasteiger partial charge is 0.323 e. The van der Waals surface area contributed by atoms with E-state index < -0.39 is 6.03 Å². The summed E-state index contributed by atoms with van der Waals surface area (Å²) >= 11 is 0. The summed E-state index contributed by atoms with van der Waals surface area (Å²) in [5.41, 5.74) is 6.24. The number of nitrogens with one attached hydrogen (secondary N) is 5. The van der Waals surface area contributed by atoms with Crippen LogP contribution in [0.2, 0.25) is 0 Å². The number of anilines is 5. The number of aromatic amines is 1. The number of fused-ring (bicyclic) bond motifs is 1. The van der Waals surface area contributed by atoms with Crippen LogP contribution in [0.4, 0.5) is 37.6 Å². The van der Waals surface area contributed by atoms with Gasteiger partial charge in [-0.15, -0.1) is 0 Å². The first kappa shape index (κ1) is 21.9. The molecule has 1 aliphatic heterocycles. The lowest BCUT2D eigenvalue weighted by Crippen LogP contribution is -2.19. The minimum atomic E-state index is -0.444. The van der Waals surface area contributed by atoms with Crippen LogP contribution < -0.4 is 21.3 Å². The number of halogens is 1. The van der Waals surface area contributed by atoms with E-state index in [0.29, 0.717) is 22.6 Å². The van der Waals surface area contributed by atoms with Crippen LogP contribution >= 0.6 is 0 Å². The third kappa shape index (κ3) is 4.88. The van der Waals surface area contributed by atoms with E-state index in [9.17, 15) is 14.0 Å². The number of urea groups is 1. The summed E-state index contributed by atoms with van der Waals surface area (Å²) in [5, 5.41) is 11.6. The molecule has 9 heteroatoms. The summed E-state index contributed by atoms with van der Waals surface area (Å²) in [7, 11) is 0. The van der Waals surface area contributed by atoms with Crippen LogP contribution in [0, 0.1) is 12.7 Å². The highest BCUT2D eigenvalue weighted by atomic mass is 19.1. The van der Waals surface area contributed by atoms with E-state index in [4.69, 9.17) is 0 Å². The standard InChI is InChI=1S/C26H21FN6O2/c1-15-23(29-14-28-15)13-22-21-10-9-20(12-24(21)33-25(22)34)30-18-3-2-4-19(11-18)32-26(35)31-17-7-5-16(27)6-8-17/h2-14,30H,1H3,(H,28,29)(H,33,34)(H2,31,32,35)/b22-13-. The van der Waals surface area contributed by atoms with Crippen LogP contribution in [0.25, 0.3) is 11.6 Å². The predicted molar refractivity (Wildman–Crippen MR) is 135 cm³/mol. The van der Waals surface area contributed by atoms with Crippen molar-refractivity contribution in [1.82, 2.24) is 9.97 Å². The number of benzene rings is 3. The van der Waals surface area contributed by atoms with Gasteiger partial charge in [-0.05, 0) is 67.6 Å². The van der Waals surface area contributed by atoms with Crippen molar-refractivity contribution in [2.75, 3.05) is 21.3 Å². The number of hydrogen-bond donors (Lipinski definition) is 5. The van der Waals surface area contributed by atoms with Crippen LogP contribution in [-0.2, 0) is 4.79 Å². The maximum atomic E-state index is 13.0. The first-order chi connectivity index (χ1) is 16.9. The summed E-state index contributed by atoms with van der Waals surface area (Å²) in [4.78, 5) is 32.1. The van der Waals surface area contributed by atoms with Gasteiger partial charge in [-0.2, -0.15) is 0 Å². The molecule has 3 amide bonds. The van der Waals surface area contributed by atoms with E-state index in [1.165, 1.54) is 24.3 Å². The molecule has 5 rings (SSSR count). The molecule has 174 valence electrons. The summed E-state index contributed by atoms with van der Waals surface area (Å²) in [6, 6.07) is 17.9. The number of hydrogen-bond acceptors (Lipinski definition) is 4. The van der Waals surface area contributed by atoms with E-state index >= 15 is 0 Å². The molecular weight excluding hydrogens is 447 g/mol. The lowest BCUT2D eigenvalue weighted by molar-refractivity contribution is -0.110. The molecule has 35 heavy (non-hydrogen) atoms. The Morgan fingerprint density at radius 3 is 2.43 bits per heavy atom. The summed E-state index contributed by atoms with van der Waals surface area (Å²) < 4.78 is 13.0. The Kier molecular flexibility index (Phi) is 5.72. The maximum Gasteiger partial charge on any atom is 0.323 e. The van der Waals surface area contributed by atoms with Gasteiger partial charge in [0, 0.05) is 34.0 Å². The zero-order valence-electron chi connectivity index (χ0n) is 18.6. The van der Waals surface area contributed by atoms with Gasteiger partial charge in [0.2, 0.25) is 0 Å². The first-order valence-electron chi connectivity index (χ1n) is 10.8. The lowest BCUT2D eigenvalue weighted by atomic mass is 10.0. The highest BCUT2D eigenvalue weighted by molar-refractivity contribution is 6.35. The molecule has 0 atom stereocenters. The fourth-order valence-electron chi connectivity index (χ4n) is 3.74. The van der Waals surface area contributed by atoms with Crippen molar-refractivity contribution in [1.29, 1.82) is 0 Å². The number of rotatable bonds is 5. The van der Waals surface area contributed by atoms with Crippen LogP contribution in [0.5, 0.6) is 0 Å². The molecule has 3 aromatic carbocycles. The third-order valence-electron chi connectivity index (χ3n) is 5.46. The van der Waals surface area contributed by atoms with Gasteiger partial charge in [0.05, 0.1) is 23.3 Å². The molecule has 0 unspecified atom stereocenters. The van der Waals surface area contributed by atoms with Gasteiger partial charge >= 0.3 is 6.03 Å². The number of aryl methyl sites for hydroxylation is 1. The van der Waals surface area contributed by atoms with Crippen molar-refractivity contribution in [2.24, 2.45) is 0 Å². The van der Waals surface area contributed by atoms with Gasteiger partial charge in [0.15, 0.2) is 0 Å². The van der Waals surface area contributed by atoms with E-state index in [0.717, 1.165) is 28.3 Å². The van der Waals surface area contributed by atoms with Crippen molar-refractivity contribution >= 4 is 52.0 Å². The van der Waals surface area contributed by atoms with E-state index in [1.54, 1.807) is 30.6 Å². The Bertz CT molecular complexity index is 1460. The average Bonchev–Trinajstić information content (AvgIpc) is 3.37. The van der Waals surface area contributed by atoms with E-state index in [-0.39, 0.29) is 11.7 Å². The van der Waals surface area contributed by atoms with Gasteiger partial charge in [0.1, 0.15) is 5.82 Å². The quantitative estimate of drug-likeness (QED) is 0.241. The Hall–Kier alpha value is -4.92. The second-order valence-electron chi connectivity index (χ2n) is 7.98. The lowest BCUT2D eigenvalue weighted by Gasteiger charge is -2.11. The van der Waals surface area contributed by atoms with Gasteiger partial charge < -0.3 is 26.3 Å². The van der Waals surface area contributed by atoms with Crippen molar-refractivity contribution in [3.63, 3.8) is 0 Å². The van der Waals surface area contributed by atoms with Crippen molar-refractivity contribution in [3.8, 4) is 0 Å². The molecule has 4 aromatic rings. The SMILES string of the molecule is Cc1[nH]cnc1/C=C1\C(=O)Nc2cc(Nc3cccc(NC(=O)Nc4ccc(F)cc4)c3)ccc21. The van der Waals surface area contributed by atoms with Crippen LogP contribution in [0.15, 0.2) is 73.1 Å². The average molecular weight is 468 g/mol. The fourth-order valence-corrected chi connectivity index (χ4v) is 3.74. The molecule has 0 bridgehead atoms. The van der Waals surface area contributed by atoms with E-state index in [1.807, 2.05) is 31.2 Å². The normalized spacial score (nSPS) is 13.3. The molecule has 0 saturated heterocycles. The Labute approximate surface area is 200 Å². The summed E-state index contributed by atoms with van der Waals surface area (Å²) in [5.74, 6) is -0.557. The molecule has 1 aromatic heterocycles. The topological polar surface area (TPSA) is 111 Å². The summed E-state index contributed by atoms with van der Waals surface area (Å²) in [6.07, 6.45) is 3.37. The molecule has 2 heterocycles. The van der Waals surface area contributed by atoms with Crippen molar-refractivity contribution in [2.45, 2.75) is 6.92 Å². The number of H-pyrrole nitrogens is 1. The monoisotopic (exact) mass is 468 g/mol. The Morgan fingerprint density at radius 1 is 0.943 bits per heavy atom. The molecule has 0 saturated carbocycles. The first-order valence-corrected chi connectivity index (χ1v) is 10.8. The van der Waals surface area contributed by atoms with Crippen LogP contribution in [0.3, 0.4) is 0 Å². The number of imidazole rings is 1. The van der Waals surface area contributed by atoms with Crippen LogP contribution in [0.1, 0.15) is 17.0 Å². The fraction of sp³-hybridized carbons (Fsp3) is 0.0385. The largest absolute Gasteiger partial charge is 0.355 e. The van der Waals surface area contributed by atoms with E-state index in [2.05, 4.69) is 31.2 Å². The number of aromatic nitrogens is 2. The van der Waals surface area contributed by atoms with Gasteiger partial charge in [-0.1, -0.05) is 12.1 Å².